The van der Waals surface area contributed by atoms with Crippen LogP contribution >= 0.6 is 0 Å². The molecule has 0 fully saturated rings. The minimum absolute atomic E-state index is 0.0794. The number of nitrogen functional groups attached to an aromatic ring is 1. The van der Waals surface area contributed by atoms with Gasteiger partial charge in [-0.1, -0.05) is 0 Å². The Kier molecular flexibility index (Phi) is 1.34. The third-order valence-corrected chi connectivity index (χ3v) is 2.02. The van der Waals surface area contributed by atoms with Gasteiger partial charge in [-0.15, -0.1) is 0 Å². The van der Waals surface area contributed by atoms with Crippen molar-refractivity contribution in [3.05, 3.63) is 23.8 Å². The van der Waals surface area contributed by atoms with E-state index in [4.69, 9.17) is 10.5 Å². The van der Waals surface area contributed by atoms with Crippen LogP contribution in [-0.2, 0) is 6.42 Å². The van der Waals surface area contributed by atoms with Crippen molar-refractivity contribution in [2.24, 2.45) is 0 Å². The SMILES string of the molecule is CC1(C)Cc2cc(N)[c]cc2O1. The molecule has 2 heteroatoms. The van der Waals surface area contributed by atoms with Crippen molar-refractivity contribution in [3.63, 3.8) is 0 Å². The van der Waals surface area contributed by atoms with Crippen LogP contribution in [-0.4, -0.2) is 5.60 Å². The fourth-order valence-electron chi connectivity index (χ4n) is 1.57. The van der Waals surface area contributed by atoms with Crippen molar-refractivity contribution >= 4 is 5.69 Å². The second-order valence-corrected chi connectivity index (χ2v) is 3.82. The van der Waals surface area contributed by atoms with Crippen LogP contribution in [0.4, 0.5) is 5.69 Å². The van der Waals surface area contributed by atoms with Gasteiger partial charge in [0.15, 0.2) is 0 Å². The Hall–Kier alpha value is -1.18. The van der Waals surface area contributed by atoms with Crippen LogP contribution in [0.15, 0.2) is 12.1 Å². The highest BCUT2D eigenvalue weighted by atomic mass is 16.5. The van der Waals surface area contributed by atoms with Crippen LogP contribution < -0.4 is 10.5 Å². The third-order valence-electron chi connectivity index (χ3n) is 2.02. The average molecular weight is 162 g/mol. The molecule has 63 valence electrons. The van der Waals surface area contributed by atoms with E-state index in [1.807, 2.05) is 12.1 Å². The highest BCUT2D eigenvalue weighted by molar-refractivity contribution is 5.49. The topological polar surface area (TPSA) is 35.2 Å². The Morgan fingerprint density at radius 1 is 1.58 bits per heavy atom. The minimum atomic E-state index is -0.0794. The lowest BCUT2D eigenvalue weighted by atomic mass is 10.0. The molecule has 2 nitrogen and oxygen atoms in total. The molecule has 0 unspecified atom stereocenters. The molecule has 0 saturated heterocycles. The van der Waals surface area contributed by atoms with E-state index >= 15 is 0 Å². The first-order valence-electron chi connectivity index (χ1n) is 4.06. The summed E-state index contributed by atoms with van der Waals surface area (Å²) < 4.78 is 5.66. The van der Waals surface area contributed by atoms with Crippen LogP contribution in [0.1, 0.15) is 19.4 Å². The summed E-state index contributed by atoms with van der Waals surface area (Å²) >= 11 is 0. The smallest absolute Gasteiger partial charge is 0.124 e. The predicted octanol–water partition coefficient (Wildman–Crippen LogP) is 1.78. The van der Waals surface area contributed by atoms with Crippen LogP contribution in [0.2, 0.25) is 0 Å². The zero-order valence-corrected chi connectivity index (χ0v) is 7.35. The van der Waals surface area contributed by atoms with Crippen molar-refractivity contribution in [1.82, 2.24) is 0 Å². The first kappa shape index (κ1) is 7.47. The van der Waals surface area contributed by atoms with Crippen molar-refractivity contribution in [3.8, 4) is 5.75 Å². The van der Waals surface area contributed by atoms with Gasteiger partial charge in [-0.3, -0.25) is 0 Å². The van der Waals surface area contributed by atoms with E-state index in [1.165, 1.54) is 5.56 Å². The predicted molar refractivity (Wildman–Crippen MR) is 48.1 cm³/mol. The quantitative estimate of drug-likeness (QED) is 0.590. The summed E-state index contributed by atoms with van der Waals surface area (Å²) in [6, 6.07) is 6.68. The normalized spacial score (nSPS) is 18.5. The number of fused-ring (bicyclic) bond motifs is 1. The summed E-state index contributed by atoms with van der Waals surface area (Å²) in [7, 11) is 0. The van der Waals surface area contributed by atoms with Crippen LogP contribution in [0.25, 0.3) is 0 Å². The average Bonchev–Trinajstić information content (AvgIpc) is 2.21. The molecule has 0 aromatic heterocycles. The van der Waals surface area contributed by atoms with E-state index in [1.54, 1.807) is 0 Å². The molecule has 0 aliphatic carbocycles. The Bertz CT molecular complexity index is 318. The second-order valence-electron chi connectivity index (χ2n) is 3.82. The van der Waals surface area contributed by atoms with E-state index in [9.17, 15) is 0 Å². The summed E-state index contributed by atoms with van der Waals surface area (Å²) in [4.78, 5) is 0. The largest absolute Gasteiger partial charge is 0.487 e. The lowest BCUT2D eigenvalue weighted by molar-refractivity contribution is 0.138. The maximum Gasteiger partial charge on any atom is 0.124 e. The van der Waals surface area contributed by atoms with Gasteiger partial charge in [-0.2, -0.15) is 0 Å². The van der Waals surface area contributed by atoms with Gasteiger partial charge >= 0.3 is 0 Å². The first-order valence-corrected chi connectivity index (χ1v) is 4.06. The third kappa shape index (κ3) is 1.13. The molecule has 1 aliphatic heterocycles. The fraction of sp³-hybridized carbons (Fsp3) is 0.400. The number of hydrogen-bond donors (Lipinski definition) is 1. The van der Waals surface area contributed by atoms with Gasteiger partial charge < -0.3 is 10.5 Å². The molecule has 1 heterocycles. The molecule has 0 spiro atoms. The lowest BCUT2D eigenvalue weighted by Gasteiger charge is -2.16. The number of ether oxygens (including phenoxy) is 1. The summed E-state index contributed by atoms with van der Waals surface area (Å²) in [6.45, 7) is 4.15. The van der Waals surface area contributed by atoms with Gasteiger partial charge in [-0.05, 0) is 26.0 Å². The second kappa shape index (κ2) is 2.16. The standard InChI is InChI=1S/C10H12NO/c1-10(2)6-7-5-8(11)3-4-9(7)12-10/h4-5H,6,11H2,1-2H3. The number of hydrogen-bond acceptors (Lipinski definition) is 2. The summed E-state index contributed by atoms with van der Waals surface area (Å²) in [5.74, 6) is 0.925. The maximum atomic E-state index is 5.66. The molecular weight excluding hydrogens is 150 g/mol. The monoisotopic (exact) mass is 162 g/mol. The maximum absolute atomic E-state index is 5.66. The fourth-order valence-corrected chi connectivity index (χ4v) is 1.57. The van der Waals surface area contributed by atoms with E-state index in [2.05, 4.69) is 19.9 Å². The molecule has 1 aromatic carbocycles. The molecular formula is C10H12NO. The highest BCUT2D eigenvalue weighted by Gasteiger charge is 2.29. The van der Waals surface area contributed by atoms with E-state index in [0.717, 1.165) is 12.2 Å². The molecule has 12 heavy (non-hydrogen) atoms. The lowest BCUT2D eigenvalue weighted by Crippen LogP contribution is -2.24. The summed E-state index contributed by atoms with van der Waals surface area (Å²) in [5.41, 5.74) is 7.41. The van der Waals surface area contributed by atoms with Crippen molar-refractivity contribution in [1.29, 1.82) is 0 Å². The van der Waals surface area contributed by atoms with Gasteiger partial charge in [0.2, 0.25) is 0 Å². The highest BCUT2D eigenvalue weighted by Crippen LogP contribution is 2.35. The molecule has 0 saturated carbocycles. The number of benzene rings is 1. The molecule has 0 atom stereocenters. The van der Waals surface area contributed by atoms with Crippen LogP contribution in [0, 0.1) is 6.07 Å². The molecule has 0 amide bonds. The minimum Gasteiger partial charge on any atom is -0.487 e. The zero-order chi connectivity index (χ0) is 8.77. The molecule has 1 aromatic rings. The van der Waals surface area contributed by atoms with Crippen LogP contribution in [0.5, 0.6) is 5.75 Å². The molecule has 1 aliphatic rings. The Morgan fingerprint density at radius 3 is 3.08 bits per heavy atom. The first-order chi connectivity index (χ1) is 5.57. The van der Waals surface area contributed by atoms with Gasteiger partial charge in [0.1, 0.15) is 11.4 Å². The van der Waals surface area contributed by atoms with Crippen molar-refractivity contribution in [2.45, 2.75) is 25.9 Å². The van der Waals surface area contributed by atoms with Crippen molar-refractivity contribution < 1.29 is 4.74 Å². The number of anilines is 1. The molecule has 0 bridgehead atoms. The number of nitrogens with two attached hydrogens (primary N) is 1. The van der Waals surface area contributed by atoms with Gasteiger partial charge in [0.25, 0.3) is 0 Å². The molecule has 2 rings (SSSR count). The van der Waals surface area contributed by atoms with E-state index in [-0.39, 0.29) is 5.60 Å². The zero-order valence-electron chi connectivity index (χ0n) is 7.35. The summed E-state index contributed by atoms with van der Waals surface area (Å²) in [6.07, 6.45) is 0.932. The summed E-state index contributed by atoms with van der Waals surface area (Å²) in [5, 5.41) is 0. The van der Waals surface area contributed by atoms with Gasteiger partial charge in [-0.25, -0.2) is 0 Å². The Morgan fingerprint density at radius 2 is 2.33 bits per heavy atom. The van der Waals surface area contributed by atoms with Gasteiger partial charge in [0, 0.05) is 23.7 Å². The van der Waals surface area contributed by atoms with Crippen molar-refractivity contribution in [2.75, 3.05) is 5.73 Å². The van der Waals surface area contributed by atoms with Crippen LogP contribution in [0.3, 0.4) is 0 Å². The van der Waals surface area contributed by atoms with Gasteiger partial charge in [0.05, 0.1) is 0 Å². The van der Waals surface area contributed by atoms with E-state index in [0.29, 0.717) is 5.69 Å². The Labute approximate surface area is 72.3 Å². The number of rotatable bonds is 0. The van der Waals surface area contributed by atoms with E-state index < -0.39 is 0 Å². The molecule has 1 radical (unpaired) electrons. The Balaban J connectivity index is 2.43. The molecule has 2 N–H and O–H groups in total.